The molecule has 1 saturated heterocycles. The standard InChI is InChI=1S/C18H19F3N4O/c19-18(20,21)15-3-1-14(2-4-15)17(26)24-11-13-5-9-25(10-6-13)16-12-22-7-8-23-16/h1-4,7-8,12-13H,5-6,9-11H2,(H,24,26). The van der Waals surface area contributed by atoms with E-state index < -0.39 is 11.7 Å². The second kappa shape index (κ2) is 7.72. The third-order valence-corrected chi connectivity index (χ3v) is 4.51. The van der Waals surface area contributed by atoms with Crippen LogP contribution in [-0.4, -0.2) is 35.5 Å². The van der Waals surface area contributed by atoms with Gasteiger partial charge < -0.3 is 10.2 Å². The fraction of sp³-hybridized carbons (Fsp3) is 0.389. The molecule has 1 aliphatic heterocycles. The van der Waals surface area contributed by atoms with E-state index in [1.165, 1.54) is 12.1 Å². The monoisotopic (exact) mass is 364 g/mol. The van der Waals surface area contributed by atoms with Gasteiger partial charge in [-0.25, -0.2) is 4.98 Å². The zero-order valence-electron chi connectivity index (χ0n) is 14.0. The summed E-state index contributed by atoms with van der Waals surface area (Å²) in [5, 5.41) is 2.81. The van der Waals surface area contributed by atoms with Crippen molar-refractivity contribution in [1.29, 1.82) is 0 Å². The number of hydrogen-bond acceptors (Lipinski definition) is 4. The Kier molecular flexibility index (Phi) is 5.39. The summed E-state index contributed by atoms with van der Waals surface area (Å²) in [6, 6.07) is 4.26. The highest BCUT2D eigenvalue weighted by molar-refractivity contribution is 5.94. The van der Waals surface area contributed by atoms with Gasteiger partial charge in [-0.2, -0.15) is 13.2 Å². The summed E-state index contributed by atoms with van der Waals surface area (Å²) in [4.78, 5) is 22.6. The number of nitrogens with one attached hydrogen (secondary N) is 1. The minimum atomic E-state index is -4.40. The highest BCUT2D eigenvalue weighted by Crippen LogP contribution is 2.29. The first kappa shape index (κ1) is 18.2. The van der Waals surface area contributed by atoms with E-state index in [1.807, 2.05) is 0 Å². The summed E-state index contributed by atoms with van der Waals surface area (Å²) in [6.07, 6.45) is 2.44. The Labute approximate surface area is 149 Å². The molecule has 5 nitrogen and oxygen atoms in total. The summed E-state index contributed by atoms with van der Waals surface area (Å²) < 4.78 is 37.7. The van der Waals surface area contributed by atoms with Crippen LogP contribution in [0.1, 0.15) is 28.8 Å². The van der Waals surface area contributed by atoms with Crippen molar-refractivity contribution in [2.75, 3.05) is 24.5 Å². The molecule has 0 saturated carbocycles. The number of nitrogens with zero attached hydrogens (tertiary/aromatic N) is 3. The van der Waals surface area contributed by atoms with Crippen molar-refractivity contribution in [3.8, 4) is 0 Å². The molecular weight excluding hydrogens is 345 g/mol. The Balaban J connectivity index is 1.47. The maximum absolute atomic E-state index is 12.6. The topological polar surface area (TPSA) is 58.1 Å². The van der Waals surface area contributed by atoms with Gasteiger partial charge in [0.25, 0.3) is 5.91 Å². The molecule has 3 rings (SSSR count). The van der Waals surface area contributed by atoms with Crippen LogP contribution >= 0.6 is 0 Å². The van der Waals surface area contributed by atoms with Crippen LogP contribution in [0.2, 0.25) is 0 Å². The van der Waals surface area contributed by atoms with Gasteiger partial charge in [0, 0.05) is 37.6 Å². The van der Waals surface area contributed by atoms with Crippen LogP contribution in [0.5, 0.6) is 0 Å². The molecule has 1 fully saturated rings. The number of piperidine rings is 1. The van der Waals surface area contributed by atoms with Gasteiger partial charge in [-0.15, -0.1) is 0 Å². The van der Waals surface area contributed by atoms with Crippen molar-refractivity contribution in [2.24, 2.45) is 5.92 Å². The number of anilines is 1. The first-order valence-electron chi connectivity index (χ1n) is 8.40. The summed E-state index contributed by atoms with van der Waals surface area (Å²) in [6.45, 7) is 2.17. The smallest absolute Gasteiger partial charge is 0.355 e. The largest absolute Gasteiger partial charge is 0.416 e. The molecule has 0 spiro atoms. The molecule has 0 aliphatic carbocycles. The van der Waals surface area contributed by atoms with E-state index in [9.17, 15) is 18.0 Å². The Hall–Kier alpha value is -2.64. The lowest BCUT2D eigenvalue weighted by Crippen LogP contribution is -2.39. The van der Waals surface area contributed by atoms with Crippen LogP contribution in [0.4, 0.5) is 19.0 Å². The van der Waals surface area contributed by atoms with Gasteiger partial charge >= 0.3 is 6.18 Å². The SMILES string of the molecule is O=C(NCC1CCN(c2cnccn2)CC1)c1ccc(C(F)(F)F)cc1. The van der Waals surface area contributed by atoms with E-state index in [0.29, 0.717) is 12.5 Å². The van der Waals surface area contributed by atoms with E-state index in [4.69, 9.17) is 0 Å². The number of halogens is 3. The molecule has 1 amide bonds. The van der Waals surface area contributed by atoms with Crippen molar-refractivity contribution in [2.45, 2.75) is 19.0 Å². The van der Waals surface area contributed by atoms with Crippen LogP contribution in [0, 0.1) is 5.92 Å². The molecule has 2 heterocycles. The number of benzene rings is 1. The van der Waals surface area contributed by atoms with Crippen LogP contribution in [0.25, 0.3) is 0 Å². The molecule has 26 heavy (non-hydrogen) atoms. The van der Waals surface area contributed by atoms with Gasteiger partial charge in [0.1, 0.15) is 5.82 Å². The van der Waals surface area contributed by atoms with Gasteiger partial charge in [0.2, 0.25) is 0 Å². The zero-order valence-corrected chi connectivity index (χ0v) is 14.0. The number of carbonyl (C=O) groups excluding carboxylic acids is 1. The third kappa shape index (κ3) is 4.50. The molecule has 0 bridgehead atoms. The van der Waals surface area contributed by atoms with Crippen molar-refractivity contribution < 1.29 is 18.0 Å². The Bertz CT molecular complexity index is 726. The van der Waals surface area contributed by atoms with E-state index >= 15 is 0 Å². The van der Waals surface area contributed by atoms with Crippen molar-refractivity contribution in [3.05, 3.63) is 54.0 Å². The fourth-order valence-electron chi connectivity index (χ4n) is 2.97. The predicted octanol–water partition coefficient (Wildman–Crippen LogP) is 3.14. The summed E-state index contributed by atoms with van der Waals surface area (Å²) in [5.41, 5.74) is -0.527. The fourth-order valence-corrected chi connectivity index (χ4v) is 2.97. The van der Waals surface area contributed by atoms with E-state index in [-0.39, 0.29) is 11.5 Å². The van der Waals surface area contributed by atoms with Crippen LogP contribution < -0.4 is 10.2 Å². The first-order chi connectivity index (χ1) is 12.4. The second-order valence-corrected chi connectivity index (χ2v) is 6.28. The number of amides is 1. The highest BCUT2D eigenvalue weighted by Gasteiger charge is 2.30. The molecule has 0 unspecified atom stereocenters. The minimum Gasteiger partial charge on any atom is -0.355 e. The van der Waals surface area contributed by atoms with Crippen molar-refractivity contribution >= 4 is 11.7 Å². The molecule has 8 heteroatoms. The summed E-state index contributed by atoms with van der Waals surface area (Å²) >= 11 is 0. The quantitative estimate of drug-likeness (QED) is 0.906. The lowest BCUT2D eigenvalue weighted by molar-refractivity contribution is -0.137. The van der Waals surface area contributed by atoms with Gasteiger partial charge in [0.15, 0.2) is 0 Å². The molecule has 1 aromatic carbocycles. The van der Waals surface area contributed by atoms with Gasteiger partial charge in [0.05, 0.1) is 11.8 Å². The van der Waals surface area contributed by atoms with Gasteiger partial charge in [-0.1, -0.05) is 0 Å². The Morgan fingerprint density at radius 3 is 2.42 bits per heavy atom. The molecule has 0 radical (unpaired) electrons. The summed E-state index contributed by atoms with van der Waals surface area (Å²) in [5.74, 6) is 0.830. The van der Waals surface area contributed by atoms with Gasteiger partial charge in [-0.3, -0.25) is 9.78 Å². The number of rotatable bonds is 4. The average Bonchev–Trinajstić information content (AvgIpc) is 2.66. The highest BCUT2D eigenvalue weighted by atomic mass is 19.4. The maximum atomic E-state index is 12.6. The predicted molar refractivity (Wildman–Crippen MR) is 90.7 cm³/mol. The van der Waals surface area contributed by atoms with E-state index in [2.05, 4.69) is 20.2 Å². The molecule has 1 aliphatic rings. The van der Waals surface area contributed by atoms with Crippen molar-refractivity contribution in [1.82, 2.24) is 15.3 Å². The molecule has 138 valence electrons. The molecule has 0 atom stereocenters. The number of alkyl halides is 3. The lowest BCUT2D eigenvalue weighted by Gasteiger charge is -2.32. The summed E-state index contributed by atoms with van der Waals surface area (Å²) in [7, 11) is 0. The second-order valence-electron chi connectivity index (χ2n) is 6.28. The normalized spacial score (nSPS) is 15.7. The average molecular weight is 364 g/mol. The first-order valence-corrected chi connectivity index (χ1v) is 8.40. The Morgan fingerprint density at radius 1 is 1.15 bits per heavy atom. The molecule has 1 aromatic heterocycles. The van der Waals surface area contributed by atoms with Crippen LogP contribution in [-0.2, 0) is 6.18 Å². The zero-order chi connectivity index (χ0) is 18.6. The lowest BCUT2D eigenvalue weighted by atomic mass is 9.96. The van der Waals surface area contributed by atoms with Gasteiger partial charge in [-0.05, 0) is 43.0 Å². The van der Waals surface area contributed by atoms with E-state index in [0.717, 1.165) is 43.9 Å². The number of aromatic nitrogens is 2. The number of hydrogen-bond donors (Lipinski definition) is 1. The molecular formula is C18H19F3N4O. The third-order valence-electron chi connectivity index (χ3n) is 4.51. The van der Waals surface area contributed by atoms with E-state index in [1.54, 1.807) is 18.6 Å². The Morgan fingerprint density at radius 2 is 1.85 bits per heavy atom. The molecule has 1 N–H and O–H groups in total. The maximum Gasteiger partial charge on any atom is 0.416 e. The van der Waals surface area contributed by atoms with Crippen molar-refractivity contribution in [3.63, 3.8) is 0 Å². The van der Waals surface area contributed by atoms with Crippen LogP contribution in [0.3, 0.4) is 0 Å². The number of carbonyl (C=O) groups is 1. The minimum absolute atomic E-state index is 0.231. The molecule has 2 aromatic rings. The van der Waals surface area contributed by atoms with Crippen LogP contribution in [0.15, 0.2) is 42.9 Å².